The van der Waals surface area contributed by atoms with E-state index in [1.54, 1.807) is 0 Å². The molecule has 1 N–H and O–H groups in total. The van der Waals surface area contributed by atoms with E-state index in [0.717, 1.165) is 48.1 Å². The number of hydrogen-bond acceptors (Lipinski definition) is 3. The van der Waals surface area contributed by atoms with Gasteiger partial charge in [-0.3, -0.25) is 9.69 Å². The van der Waals surface area contributed by atoms with E-state index in [0.29, 0.717) is 0 Å². The van der Waals surface area contributed by atoms with Gasteiger partial charge in [0, 0.05) is 42.6 Å². The average molecular weight is 372 g/mol. The Hall–Kier alpha value is -2.04. The Labute approximate surface area is 160 Å². The number of amides is 1. The van der Waals surface area contributed by atoms with Crippen molar-refractivity contribution >= 4 is 28.9 Å². The molecule has 1 aliphatic heterocycles. The van der Waals surface area contributed by atoms with Gasteiger partial charge >= 0.3 is 0 Å². The third-order valence-electron chi connectivity index (χ3n) is 5.05. The average Bonchev–Trinajstić information content (AvgIpc) is 2.63. The van der Waals surface area contributed by atoms with Crippen LogP contribution in [0.2, 0.25) is 5.02 Å². The normalized spacial score (nSPS) is 16.4. The molecular formula is C21H26ClN3O. The number of anilines is 2. The topological polar surface area (TPSA) is 35.6 Å². The van der Waals surface area contributed by atoms with Crippen molar-refractivity contribution in [3.8, 4) is 0 Å². The van der Waals surface area contributed by atoms with Crippen LogP contribution in [0, 0.1) is 13.8 Å². The van der Waals surface area contributed by atoms with Crippen molar-refractivity contribution in [2.45, 2.75) is 26.8 Å². The van der Waals surface area contributed by atoms with Gasteiger partial charge in [0.25, 0.3) is 0 Å². The molecular weight excluding hydrogens is 346 g/mol. The zero-order valence-corrected chi connectivity index (χ0v) is 16.4. The molecule has 0 radical (unpaired) electrons. The second kappa shape index (κ2) is 8.11. The largest absolute Gasteiger partial charge is 0.369 e. The number of aryl methyl sites for hydroxylation is 2. The van der Waals surface area contributed by atoms with Crippen LogP contribution in [0.15, 0.2) is 42.5 Å². The summed E-state index contributed by atoms with van der Waals surface area (Å²) in [5.74, 6) is 0.0492. The van der Waals surface area contributed by atoms with Gasteiger partial charge in [0.2, 0.25) is 5.91 Å². The molecule has 0 spiro atoms. The summed E-state index contributed by atoms with van der Waals surface area (Å²) in [6.45, 7) is 9.55. The Bertz CT molecular complexity index is 785. The van der Waals surface area contributed by atoms with E-state index >= 15 is 0 Å². The number of benzene rings is 2. The molecule has 0 saturated carbocycles. The van der Waals surface area contributed by atoms with E-state index in [1.807, 2.05) is 44.2 Å². The molecule has 1 amide bonds. The number of nitrogens with one attached hydrogen (secondary N) is 1. The highest BCUT2D eigenvalue weighted by atomic mass is 35.5. The van der Waals surface area contributed by atoms with Gasteiger partial charge in [-0.1, -0.05) is 35.4 Å². The molecule has 1 atom stereocenters. The molecule has 1 aliphatic rings. The van der Waals surface area contributed by atoms with Crippen LogP contribution >= 0.6 is 11.6 Å². The van der Waals surface area contributed by atoms with Gasteiger partial charge in [0.1, 0.15) is 0 Å². The van der Waals surface area contributed by atoms with Crippen molar-refractivity contribution in [2.24, 2.45) is 0 Å². The standard InChI is InChI=1S/C21H26ClN3O/c1-15-7-8-20(16(2)13-15)23-21(26)17(3)24-9-11-25(12-10-24)19-6-4-5-18(22)14-19/h4-8,13-14,17H,9-12H2,1-3H3,(H,23,26)/t17-/m0/s1. The SMILES string of the molecule is Cc1ccc(NC(=O)[C@H](C)N2CCN(c3cccc(Cl)c3)CC2)c(C)c1. The Morgan fingerprint density at radius 3 is 2.46 bits per heavy atom. The van der Waals surface area contributed by atoms with Crippen molar-refractivity contribution in [2.75, 3.05) is 36.4 Å². The van der Waals surface area contributed by atoms with Crippen LogP contribution in [0.25, 0.3) is 0 Å². The predicted molar refractivity (Wildman–Crippen MR) is 109 cm³/mol. The van der Waals surface area contributed by atoms with Gasteiger partial charge in [-0.05, 0) is 50.6 Å². The lowest BCUT2D eigenvalue weighted by molar-refractivity contribution is -0.120. The van der Waals surface area contributed by atoms with Crippen molar-refractivity contribution in [1.82, 2.24) is 4.90 Å². The molecule has 138 valence electrons. The highest BCUT2D eigenvalue weighted by Crippen LogP contribution is 2.22. The van der Waals surface area contributed by atoms with Crippen LogP contribution < -0.4 is 10.2 Å². The third kappa shape index (κ3) is 4.37. The van der Waals surface area contributed by atoms with Crippen LogP contribution in [0.4, 0.5) is 11.4 Å². The third-order valence-corrected chi connectivity index (χ3v) is 5.29. The second-order valence-corrected chi connectivity index (χ2v) is 7.42. The molecule has 0 aliphatic carbocycles. The summed E-state index contributed by atoms with van der Waals surface area (Å²) >= 11 is 6.09. The second-order valence-electron chi connectivity index (χ2n) is 6.99. The van der Waals surface area contributed by atoms with Crippen LogP contribution in [-0.2, 0) is 4.79 Å². The summed E-state index contributed by atoms with van der Waals surface area (Å²) in [7, 11) is 0. The fourth-order valence-corrected chi connectivity index (χ4v) is 3.58. The molecule has 2 aromatic rings. The minimum Gasteiger partial charge on any atom is -0.369 e. The summed E-state index contributed by atoms with van der Waals surface area (Å²) in [6.07, 6.45) is 0. The summed E-state index contributed by atoms with van der Waals surface area (Å²) in [4.78, 5) is 17.2. The fraction of sp³-hybridized carbons (Fsp3) is 0.381. The lowest BCUT2D eigenvalue weighted by Crippen LogP contribution is -2.52. The maximum absolute atomic E-state index is 12.7. The number of carbonyl (C=O) groups is 1. The summed E-state index contributed by atoms with van der Waals surface area (Å²) in [5.41, 5.74) is 4.33. The molecule has 0 bridgehead atoms. The van der Waals surface area contributed by atoms with Crippen molar-refractivity contribution in [3.05, 3.63) is 58.6 Å². The maximum atomic E-state index is 12.7. The van der Waals surface area contributed by atoms with E-state index in [1.165, 1.54) is 5.56 Å². The Kier molecular flexibility index (Phi) is 5.84. The van der Waals surface area contributed by atoms with E-state index in [4.69, 9.17) is 11.6 Å². The first-order valence-corrected chi connectivity index (χ1v) is 9.44. The molecule has 0 unspecified atom stereocenters. The van der Waals surface area contributed by atoms with Gasteiger partial charge in [0.15, 0.2) is 0 Å². The minimum absolute atomic E-state index is 0.0492. The van der Waals surface area contributed by atoms with Gasteiger partial charge in [0.05, 0.1) is 6.04 Å². The number of halogens is 1. The molecule has 2 aromatic carbocycles. The van der Waals surface area contributed by atoms with E-state index < -0.39 is 0 Å². The summed E-state index contributed by atoms with van der Waals surface area (Å²) < 4.78 is 0. The summed E-state index contributed by atoms with van der Waals surface area (Å²) in [6, 6.07) is 13.9. The zero-order chi connectivity index (χ0) is 18.7. The number of carbonyl (C=O) groups excluding carboxylic acids is 1. The highest BCUT2D eigenvalue weighted by molar-refractivity contribution is 6.30. The fourth-order valence-electron chi connectivity index (χ4n) is 3.40. The zero-order valence-electron chi connectivity index (χ0n) is 15.6. The van der Waals surface area contributed by atoms with Crippen LogP contribution in [0.5, 0.6) is 0 Å². The quantitative estimate of drug-likeness (QED) is 0.878. The van der Waals surface area contributed by atoms with E-state index in [9.17, 15) is 4.79 Å². The Balaban J connectivity index is 1.57. The number of nitrogens with zero attached hydrogens (tertiary/aromatic N) is 2. The van der Waals surface area contributed by atoms with E-state index in [-0.39, 0.29) is 11.9 Å². The summed E-state index contributed by atoms with van der Waals surface area (Å²) in [5, 5.41) is 3.83. The lowest BCUT2D eigenvalue weighted by Gasteiger charge is -2.38. The minimum atomic E-state index is -0.155. The number of piperazine rings is 1. The van der Waals surface area contributed by atoms with Crippen molar-refractivity contribution < 1.29 is 4.79 Å². The monoisotopic (exact) mass is 371 g/mol. The van der Waals surface area contributed by atoms with Crippen molar-refractivity contribution in [1.29, 1.82) is 0 Å². The molecule has 1 heterocycles. The molecule has 3 rings (SSSR count). The first-order chi connectivity index (χ1) is 12.4. The number of hydrogen-bond donors (Lipinski definition) is 1. The first kappa shape index (κ1) is 18.7. The Morgan fingerprint density at radius 1 is 1.08 bits per heavy atom. The van der Waals surface area contributed by atoms with Gasteiger partial charge in [-0.2, -0.15) is 0 Å². The highest BCUT2D eigenvalue weighted by Gasteiger charge is 2.26. The van der Waals surface area contributed by atoms with E-state index in [2.05, 4.69) is 34.2 Å². The first-order valence-electron chi connectivity index (χ1n) is 9.07. The van der Waals surface area contributed by atoms with Gasteiger partial charge < -0.3 is 10.2 Å². The van der Waals surface area contributed by atoms with Gasteiger partial charge in [-0.15, -0.1) is 0 Å². The predicted octanol–water partition coefficient (Wildman–Crippen LogP) is 4.11. The molecule has 5 heteroatoms. The molecule has 1 fully saturated rings. The van der Waals surface area contributed by atoms with Crippen LogP contribution in [0.3, 0.4) is 0 Å². The van der Waals surface area contributed by atoms with Gasteiger partial charge in [-0.25, -0.2) is 0 Å². The molecule has 4 nitrogen and oxygen atoms in total. The molecule has 26 heavy (non-hydrogen) atoms. The van der Waals surface area contributed by atoms with Crippen LogP contribution in [-0.4, -0.2) is 43.0 Å². The molecule has 0 aromatic heterocycles. The smallest absolute Gasteiger partial charge is 0.241 e. The van der Waals surface area contributed by atoms with Crippen LogP contribution in [0.1, 0.15) is 18.1 Å². The van der Waals surface area contributed by atoms with Crippen molar-refractivity contribution in [3.63, 3.8) is 0 Å². The maximum Gasteiger partial charge on any atom is 0.241 e. The molecule has 1 saturated heterocycles. The number of rotatable bonds is 4. The lowest BCUT2D eigenvalue weighted by atomic mass is 10.1. The Morgan fingerprint density at radius 2 is 1.81 bits per heavy atom.